The lowest BCUT2D eigenvalue weighted by molar-refractivity contribution is -0.135. The number of hydrogen-bond donors (Lipinski definition) is 2. The fourth-order valence-electron chi connectivity index (χ4n) is 3.13. The molecular weight excluding hydrogens is 350 g/mol. The lowest BCUT2D eigenvalue weighted by Crippen LogP contribution is -2.47. The summed E-state index contributed by atoms with van der Waals surface area (Å²) in [6, 6.07) is 7.93. The van der Waals surface area contributed by atoms with E-state index in [1.807, 2.05) is 0 Å². The summed E-state index contributed by atoms with van der Waals surface area (Å²) >= 11 is 1.74. The number of urea groups is 1. The Kier molecular flexibility index (Phi) is 5.55. The van der Waals surface area contributed by atoms with Crippen molar-refractivity contribution in [2.45, 2.75) is 38.0 Å². The Hall–Kier alpha value is -2.02. The number of thioether (sulfide) groups is 1. The van der Waals surface area contributed by atoms with E-state index in [1.165, 1.54) is 11.1 Å². The fourth-order valence-corrected chi connectivity index (χ4v) is 3.95. The van der Waals surface area contributed by atoms with Crippen molar-refractivity contribution in [3.8, 4) is 0 Å². The molecule has 0 bridgehead atoms. The average molecular weight is 375 g/mol. The summed E-state index contributed by atoms with van der Waals surface area (Å²) in [5, 5.41) is 5.53. The summed E-state index contributed by atoms with van der Waals surface area (Å²) in [4.78, 5) is 37.6. The standard InChI is InChI=1S/C19H25N3O3S/c1-13-3-5-14(6-4-13)12-26-10-9-20-16(23)11-22-17(24)19(2,15-7-8-15)21-18(22)25/h3-6,15H,7-12H2,1-2H3,(H,20,23)(H,21,25). The summed E-state index contributed by atoms with van der Waals surface area (Å²) in [5.41, 5.74) is 1.66. The first-order valence-corrected chi connectivity index (χ1v) is 10.1. The van der Waals surface area contributed by atoms with Crippen molar-refractivity contribution in [3.63, 3.8) is 0 Å². The molecule has 1 unspecified atom stereocenters. The number of rotatable bonds is 8. The number of amides is 4. The molecule has 2 aliphatic rings. The number of imide groups is 1. The molecule has 4 amide bonds. The molecule has 1 aliphatic heterocycles. The van der Waals surface area contributed by atoms with E-state index in [9.17, 15) is 14.4 Å². The zero-order valence-electron chi connectivity index (χ0n) is 15.2. The molecule has 1 aliphatic carbocycles. The van der Waals surface area contributed by atoms with E-state index in [2.05, 4.69) is 41.8 Å². The molecule has 1 aromatic carbocycles. The van der Waals surface area contributed by atoms with Crippen LogP contribution in [0.15, 0.2) is 24.3 Å². The van der Waals surface area contributed by atoms with Crippen LogP contribution in [0.4, 0.5) is 4.79 Å². The van der Waals surface area contributed by atoms with Crippen LogP contribution in [0.25, 0.3) is 0 Å². The smallest absolute Gasteiger partial charge is 0.325 e. The third-order valence-electron chi connectivity index (χ3n) is 4.95. The summed E-state index contributed by atoms with van der Waals surface area (Å²) in [6.07, 6.45) is 1.89. The van der Waals surface area contributed by atoms with Crippen molar-refractivity contribution in [2.24, 2.45) is 5.92 Å². The van der Waals surface area contributed by atoms with Gasteiger partial charge in [0.15, 0.2) is 0 Å². The molecular formula is C19H25N3O3S. The SMILES string of the molecule is Cc1ccc(CSCCNC(=O)CN2C(=O)NC(C)(C3CC3)C2=O)cc1. The second-order valence-electron chi connectivity index (χ2n) is 7.19. The maximum Gasteiger partial charge on any atom is 0.325 e. The van der Waals surface area contributed by atoms with Gasteiger partial charge in [0.05, 0.1) is 0 Å². The molecule has 26 heavy (non-hydrogen) atoms. The minimum atomic E-state index is -0.832. The Morgan fingerprint density at radius 3 is 2.65 bits per heavy atom. The van der Waals surface area contributed by atoms with E-state index in [0.29, 0.717) is 6.54 Å². The molecule has 1 saturated heterocycles. The Morgan fingerprint density at radius 1 is 1.31 bits per heavy atom. The molecule has 1 saturated carbocycles. The normalized spacial score (nSPS) is 22.5. The quantitative estimate of drug-likeness (QED) is 0.539. The van der Waals surface area contributed by atoms with Crippen LogP contribution < -0.4 is 10.6 Å². The highest BCUT2D eigenvalue weighted by atomic mass is 32.2. The predicted octanol–water partition coefficient (Wildman–Crippen LogP) is 2.06. The van der Waals surface area contributed by atoms with Crippen molar-refractivity contribution >= 4 is 29.6 Å². The lowest BCUT2D eigenvalue weighted by Gasteiger charge is -2.20. The minimum Gasteiger partial charge on any atom is -0.354 e. The van der Waals surface area contributed by atoms with Crippen molar-refractivity contribution in [2.75, 3.05) is 18.8 Å². The van der Waals surface area contributed by atoms with Crippen molar-refractivity contribution < 1.29 is 14.4 Å². The van der Waals surface area contributed by atoms with Gasteiger partial charge >= 0.3 is 6.03 Å². The zero-order chi connectivity index (χ0) is 18.7. The molecule has 1 heterocycles. The summed E-state index contributed by atoms with van der Waals surface area (Å²) in [6.45, 7) is 4.12. The van der Waals surface area contributed by atoms with Gasteiger partial charge in [-0.15, -0.1) is 0 Å². The van der Waals surface area contributed by atoms with Gasteiger partial charge in [-0.05, 0) is 38.2 Å². The van der Waals surface area contributed by atoms with Crippen LogP contribution in [0.2, 0.25) is 0 Å². The van der Waals surface area contributed by atoms with Gasteiger partial charge in [-0.2, -0.15) is 11.8 Å². The van der Waals surface area contributed by atoms with Gasteiger partial charge in [0.2, 0.25) is 5.91 Å². The largest absolute Gasteiger partial charge is 0.354 e. The maximum absolute atomic E-state index is 12.5. The predicted molar refractivity (Wildman–Crippen MR) is 102 cm³/mol. The highest BCUT2D eigenvalue weighted by molar-refractivity contribution is 7.98. The average Bonchev–Trinajstić information content (AvgIpc) is 3.42. The highest BCUT2D eigenvalue weighted by Crippen LogP contribution is 2.42. The van der Waals surface area contributed by atoms with Crippen molar-refractivity contribution in [1.29, 1.82) is 0 Å². The molecule has 1 atom stereocenters. The number of nitrogens with zero attached hydrogens (tertiary/aromatic N) is 1. The van der Waals surface area contributed by atoms with Gasteiger partial charge in [0, 0.05) is 18.1 Å². The number of nitrogens with one attached hydrogen (secondary N) is 2. The Labute approximate surface area is 158 Å². The number of aryl methyl sites for hydroxylation is 1. The molecule has 0 spiro atoms. The van der Waals surface area contributed by atoms with Gasteiger partial charge < -0.3 is 10.6 Å². The molecule has 0 radical (unpaired) electrons. The van der Waals surface area contributed by atoms with Crippen LogP contribution in [0.1, 0.15) is 30.9 Å². The Bertz CT molecular complexity index is 702. The van der Waals surface area contributed by atoms with Crippen LogP contribution in [0.3, 0.4) is 0 Å². The molecule has 2 N–H and O–H groups in total. The van der Waals surface area contributed by atoms with Gasteiger partial charge in [-0.25, -0.2) is 4.79 Å². The minimum absolute atomic E-state index is 0.199. The molecule has 7 heteroatoms. The Balaban J connectivity index is 1.37. The molecule has 3 rings (SSSR count). The van der Waals surface area contributed by atoms with E-state index < -0.39 is 11.6 Å². The van der Waals surface area contributed by atoms with Gasteiger partial charge in [0.25, 0.3) is 5.91 Å². The number of benzene rings is 1. The topological polar surface area (TPSA) is 78.5 Å². The van der Waals surface area contributed by atoms with Gasteiger partial charge in [-0.1, -0.05) is 29.8 Å². The molecule has 2 fully saturated rings. The highest BCUT2D eigenvalue weighted by Gasteiger charge is 2.56. The van der Waals surface area contributed by atoms with Crippen LogP contribution in [0, 0.1) is 12.8 Å². The molecule has 1 aromatic rings. The number of carbonyl (C=O) groups is 3. The third kappa shape index (κ3) is 4.20. The van der Waals surface area contributed by atoms with E-state index in [0.717, 1.165) is 29.2 Å². The monoisotopic (exact) mass is 375 g/mol. The summed E-state index contributed by atoms with van der Waals surface area (Å²) < 4.78 is 0. The van der Waals surface area contributed by atoms with E-state index in [4.69, 9.17) is 0 Å². The maximum atomic E-state index is 12.5. The molecule has 0 aromatic heterocycles. The lowest BCUT2D eigenvalue weighted by atomic mass is 9.96. The van der Waals surface area contributed by atoms with E-state index >= 15 is 0 Å². The molecule has 6 nitrogen and oxygen atoms in total. The van der Waals surface area contributed by atoms with Crippen LogP contribution >= 0.6 is 11.8 Å². The first-order chi connectivity index (χ1) is 12.4. The zero-order valence-corrected chi connectivity index (χ0v) is 16.0. The van der Waals surface area contributed by atoms with Crippen LogP contribution in [-0.2, 0) is 15.3 Å². The number of hydrogen-bond acceptors (Lipinski definition) is 4. The molecule has 140 valence electrons. The second-order valence-corrected chi connectivity index (χ2v) is 8.29. The van der Waals surface area contributed by atoms with E-state index in [1.54, 1.807) is 18.7 Å². The summed E-state index contributed by atoms with van der Waals surface area (Å²) in [7, 11) is 0. The first kappa shape index (κ1) is 18.8. The second kappa shape index (κ2) is 7.70. The van der Waals surface area contributed by atoms with Gasteiger partial charge in [0.1, 0.15) is 12.1 Å². The van der Waals surface area contributed by atoms with Crippen molar-refractivity contribution in [3.05, 3.63) is 35.4 Å². The van der Waals surface area contributed by atoms with Gasteiger partial charge in [-0.3, -0.25) is 14.5 Å². The summed E-state index contributed by atoms with van der Waals surface area (Å²) in [5.74, 6) is 1.28. The third-order valence-corrected chi connectivity index (χ3v) is 5.98. The van der Waals surface area contributed by atoms with Crippen molar-refractivity contribution in [1.82, 2.24) is 15.5 Å². The van der Waals surface area contributed by atoms with E-state index in [-0.39, 0.29) is 24.3 Å². The van der Waals surface area contributed by atoms with Crippen LogP contribution in [-0.4, -0.2) is 47.1 Å². The first-order valence-electron chi connectivity index (χ1n) is 8.94. The Morgan fingerprint density at radius 2 is 2.00 bits per heavy atom. The number of carbonyl (C=O) groups excluding carboxylic acids is 3. The van der Waals surface area contributed by atoms with Crippen LogP contribution in [0.5, 0.6) is 0 Å². The fraction of sp³-hybridized carbons (Fsp3) is 0.526.